The fraction of sp³-hybridized carbons (Fsp3) is 0.333. The van der Waals surface area contributed by atoms with Crippen molar-refractivity contribution >= 4 is 27.6 Å². The average molecular weight is 415 g/mol. The lowest BCUT2D eigenvalue weighted by atomic mass is 10.1. The van der Waals surface area contributed by atoms with Crippen LogP contribution in [0.1, 0.15) is 43.4 Å². The van der Waals surface area contributed by atoms with Crippen LogP contribution in [0.3, 0.4) is 0 Å². The highest BCUT2D eigenvalue weighted by Crippen LogP contribution is 2.31. The predicted octanol–water partition coefficient (Wildman–Crippen LogP) is 1.54. The van der Waals surface area contributed by atoms with Gasteiger partial charge in [0, 0.05) is 30.7 Å². The number of hydrogen-bond acceptors (Lipinski definition) is 5. The van der Waals surface area contributed by atoms with Gasteiger partial charge >= 0.3 is 0 Å². The van der Waals surface area contributed by atoms with Gasteiger partial charge in [-0.25, -0.2) is 13.1 Å². The Morgan fingerprint density at radius 3 is 2.55 bits per heavy atom. The second-order valence-corrected chi connectivity index (χ2v) is 8.78. The van der Waals surface area contributed by atoms with Crippen LogP contribution in [-0.4, -0.2) is 26.8 Å². The molecule has 0 saturated carbocycles. The molecule has 2 aromatic rings. The molecule has 1 amide bonds. The molecule has 0 saturated heterocycles. The monoisotopic (exact) mass is 415 g/mol. The fourth-order valence-electron chi connectivity index (χ4n) is 3.43. The first-order chi connectivity index (χ1) is 13.8. The minimum atomic E-state index is -3.72. The average Bonchev–Trinajstić information content (AvgIpc) is 3.11. The third-order valence-corrected chi connectivity index (χ3v) is 6.50. The number of sulfonamides is 1. The molecule has 0 aromatic heterocycles. The van der Waals surface area contributed by atoms with Crippen molar-refractivity contribution in [2.75, 3.05) is 11.4 Å². The number of benzene rings is 2. The molecule has 3 rings (SSSR count). The zero-order valence-corrected chi connectivity index (χ0v) is 16.9. The summed E-state index contributed by atoms with van der Waals surface area (Å²) in [6.07, 6.45) is 0.735. The molecule has 0 bridgehead atoms. The molecule has 1 aliphatic rings. The molecule has 0 spiro atoms. The summed E-state index contributed by atoms with van der Waals surface area (Å²) in [4.78, 5) is 24.6. The van der Waals surface area contributed by atoms with Gasteiger partial charge in [0.05, 0.1) is 4.90 Å². The second-order valence-electron chi connectivity index (χ2n) is 7.07. The summed E-state index contributed by atoms with van der Waals surface area (Å²) in [5.41, 5.74) is 2.33. The van der Waals surface area contributed by atoms with Gasteiger partial charge < -0.3 is 14.8 Å². The number of carboxylic acids is 1. The topological polar surface area (TPSA) is 107 Å². The number of hydrogen-bond donors (Lipinski definition) is 1. The van der Waals surface area contributed by atoms with Crippen LogP contribution in [0.2, 0.25) is 0 Å². The first kappa shape index (κ1) is 21.0. The predicted molar refractivity (Wildman–Crippen MR) is 107 cm³/mol. The van der Waals surface area contributed by atoms with E-state index >= 15 is 0 Å². The van der Waals surface area contributed by atoms with Crippen molar-refractivity contribution < 1.29 is 23.1 Å². The largest absolute Gasteiger partial charge is 0.550 e. The van der Waals surface area contributed by atoms with Crippen molar-refractivity contribution in [3.05, 3.63) is 59.7 Å². The Labute approximate surface area is 170 Å². The van der Waals surface area contributed by atoms with Crippen molar-refractivity contribution in [2.45, 2.75) is 43.5 Å². The molecule has 7 nitrogen and oxygen atoms in total. The standard InChI is InChI=1S/C21H24N2O5S/c1-15(16-6-3-2-4-7-16)22-29(27,28)18-10-11-19-17(14-18)12-13-23(19)20(24)8-5-9-21(25)26/h2-4,6-7,10-11,14-15,22H,5,8-9,12-13H2,1H3,(H,25,26)/p-1. The van der Waals surface area contributed by atoms with E-state index in [1.165, 1.54) is 6.07 Å². The van der Waals surface area contributed by atoms with E-state index in [2.05, 4.69) is 4.72 Å². The molecule has 1 unspecified atom stereocenters. The molecule has 1 N–H and O–H groups in total. The summed E-state index contributed by atoms with van der Waals surface area (Å²) in [5.74, 6) is -1.34. The van der Waals surface area contributed by atoms with E-state index in [0.29, 0.717) is 18.7 Å². The van der Waals surface area contributed by atoms with Gasteiger partial charge in [0.1, 0.15) is 0 Å². The van der Waals surface area contributed by atoms with Gasteiger partial charge in [0.15, 0.2) is 0 Å². The van der Waals surface area contributed by atoms with E-state index in [9.17, 15) is 23.1 Å². The number of nitrogens with one attached hydrogen (secondary N) is 1. The fourth-order valence-corrected chi connectivity index (χ4v) is 4.72. The quantitative estimate of drug-likeness (QED) is 0.704. The van der Waals surface area contributed by atoms with Crippen molar-refractivity contribution in [2.24, 2.45) is 0 Å². The Morgan fingerprint density at radius 2 is 1.86 bits per heavy atom. The molecule has 154 valence electrons. The van der Waals surface area contributed by atoms with Gasteiger partial charge in [-0.3, -0.25) is 4.79 Å². The van der Waals surface area contributed by atoms with Crippen LogP contribution in [0.4, 0.5) is 5.69 Å². The molecule has 1 atom stereocenters. The third-order valence-electron chi connectivity index (χ3n) is 4.96. The first-order valence-corrected chi connectivity index (χ1v) is 11.0. The maximum Gasteiger partial charge on any atom is 0.241 e. The molecule has 2 aromatic carbocycles. The van der Waals surface area contributed by atoms with Gasteiger partial charge in [-0.05, 0) is 55.5 Å². The number of aliphatic carboxylic acids is 1. The van der Waals surface area contributed by atoms with Gasteiger partial charge in [-0.15, -0.1) is 0 Å². The van der Waals surface area contributed by atoms with Crippen LogP contribution < -0.4 is 14.7 Å². The summed E-state index contributed by atoms with van der Waals surface area (Å²) in [6, 6.07) is 13.7. The van der Waals surface area contributed by atoms with Gasteiger partial charge in [-0.1, -0.05) is 30.3 Å². The highest BCUT2D eigenvalue weighted by atomic mass is 32.2. The Balaban J connectivity index is 1.72. The summed E-state index contributed by atoms with van der Waals surface area (Å²) in [7, 11) is -3.72. The zero-order chi connectivity index (χ0) is 21.0. The van der Waals surface area contributed by atoms with Crippen LogP contribution in [0, 0.1) is 0 Å². The van der Waals surface area contributed by atoms with E-state index in [4.69, 9.17) is 0 Å². The van der Waals surface area contributed by atoms with E-state index < -0.39 is 16.0 Å². The molecule has 0 aliphatic carbocycles. The Morgan fingerprint density at radius 1 is 1.14 bits per heavy atom. The minimum absolute atomic E-state index is 0.115. The maximum atomic E-state index is 12.8. The van der Waals surface area contributed by atoms with Crippen LogP contribution in [0.5, 0.6) is 0 Å². The number of anilines is 1. The normalized spacial score (nSPS) is 14.4. The van der Waals surface area contributed by atoms with E-state index in [1.807, 2.05) is 30.3 Å². The first-order valence-electron chi connectivity index (χ1n) is 9.48. The number of amides is 1. The van der Waals surface area contributed by atoms with E-state index in [-0.39, 0.29) is 36.1 Å². The number of carboxylic acid groups (broad SMARTS) is 1. The summed E-state index contributed by atoms with van der Waals surface area (Å²) >= 11 is 0. The zero-order valence-electron chi connectivity index (χ0n) is 16.1. The number of carbonyl (C=O) groups excluding carboxylic acids is 2. The molecule has 29 heavy (non-hydrogen) atoms. The highest BCUT2D eigenvalue weighted by molar-refractivity contribution is 7.89. The smallest absolute Gasteiger partial charge is 0.241 e. The molecule has 0 fully saturated rings. The lowest BCUT2D eigenvalue weighted by molar-refractivity contribution is -0.305. The summed E-state index contributed by atoms with van der Waals surface area (Å²) in [5, 5.41) is 10.5. The van der Waals surface area contributed by atoms with Crippen molar-refractivity contribution in [3.63, 3.8) is 0 Å². The van der Waals surface area contributed by atoms with Gasteiger partial charge in [0.2, 0.25) is 15.9 Å². The minimum Gasteiger partial charge on any atom is -0.550 e. The van der Waals surface area contributed by atoms with Crippen molar-refractivity contribution in [1.82, 2.24) is 4.72 Å². The maximum absolute atomic E-state index is 12.8. The Hall–Kier alpha value is -2.71. The molecule has 1 heterocycles. The highest BCUT2D eigenvalue weighted by Gasteiger charge is 2.27. The van der Waals surface area contributed by atoms with Crippen LogP contribution in [-0.2, 0) is 26.0 Å². The summed E-state index contributed by atoms with van der Waals surface area (Å²) < 4.78 is 28.2. The molecule has 8 heteroatoms. The van der Waals surface area contributed by atoms with Crippen molar-refractivity contribution in [1.29, 1.82) is 0 Å². The molecule has 0 radical (unpaired) electrons. The van der Waals surface area contributed by atoms with Gasteiger partial charge in [0.25, 0.3) is 0 Å². The third kappa shape index (κ3) is 5.02. The van der Waals surface area contributed by atoms with Crippen LogP contribution >= 0.6 is 0 Å². The Kier molecular flexibility index (Phi) is 6.34. The lowest BCUT2D eigenvalue weighted by Gasteiger charge is -2.18. The summed E-state index contributed by atoms with van der Waals surface area (Å²) in [6.45, 7) is 2.24. The lowest BCUT2D eigenvalue weighted by Crippen LogP contribution is -2.29. The number of fused-ring (bicyclic) bond motifs is 1. The van der Waals surface area contributed by atoms with Crippen LogP contribution in [0.15, 0.2) is 53.4 Å². The number of carbonyl (C=O) groups is 2. The molecule has 1 aliphatic heterocycles. The van der Waals surface area contributed by atoms with E-state index in [1.54, 1.807) is 24.0 Å². The van der Waals surface area contributed by atoms with Crippen molar-refractivity contribution in [3.8, 4) is 0 Å². The van der Waals surface area contributed by atoms with Crippen LogP contribution in [0.25, 0.3) is 0 Å². The number of rotatable bonds is 8. The SMILES string of the molecule is CC(NS(=O)(=O)c1ccc2c(c1)CCN2C(=O)CCCC(=O)[O-])c1ccccc1. The Bertz CT molecular complexity index is 1000. The molecular formula is C21H23N2O5S-. The van der Waals surface area contributed by atoms with E-state index in [0.717, 1.165) is 11.1 Å². The number of nitrogens with zero attached hydrogens (tertiary/aromatic N) is 1. The molecular weight excluding hydrogens is 392 g/mol. The second kappa shape index (κ2) is 8.75. The van der Waals surface area contributed by atoms with Gasteiger partial charge in [-0.2, -0.15) is 0 Å².